The van der Waals surface area contributed by atoms with Gasteiger partial charge in [-0.15, -0.1) is 0 Å². The summed E-state index contributed by atoms with van der Waals surface area (Å²) < 4.78 is 10.1. The Hall–Kier alpha value is -2.30. The van der Waals surface area contributed by atoms with Crippen molar-refractivity contribution in [1.29, 1.82) is 0 Å². The molecule has 0 N–H and O–H groups in total. The first-order valence-corrected chi connectivity index (χ1v) is 8.49. The first kappa shape index (κ1) is 16.2. The molecule has 4 heteroatoms. The summed E-state index contributed by atoms with van der Waals surface area (Å²) in [6.07, 6.45) is -0.501. The van der Waals surface area contributed by atoms with E-state index in [0.717, 1.165) is 11.1 Å². The van der Waals surface area contributed by atoms with Crippen LogP contribution in [0.4, 0.5) is 0 Å². The van der Waals surface area contributed by atoms with Crippen LogP contribution in [0.2, 0.25) is 0 Å². The van der Waals surface area contributed by atoms with Crippen molar-refractivity contribution in [3.05, 3.63) is 70.8 Å². The standard InChI is InChI=1S/C21H20O4/c1-21(2,15-7-3-13(4-8-15)19(22)17-11-24-17)16-9-5-14(6-10-16)20(23)18-12-25-18/h3-10,17-18H,11-12H2,1-2H3. The van der Waals surface area contributed by atoms with Crippen molar-refractivity contribution in [1.82, 2.24) is 0 Å². The van der Waals surface area contributed by atoms with Crippen molar-refractivity contribution in [3.8, 4) is 0 Å². The fourth-order valence-electron chi connectivity index (χ4n) is 3.04. The highest BCUT2D eigenvalue weighted by atomic mass is 16.6. The van der Waals surface area contributed by atoms with E-state index < -0.39 is 0 Å². The molecule has 2 aliphatic rings. The van der Waals surface area contributed by atoms with Gasteiger partial charge >= 0.3 is 0 Å². The lowest BCUT2D eigenvalue weighted by Crippen LogP contribution is -2.19. The van der Waals surface area contributed by atoms with Gasteiger partial charge in [0.25, 0.3) is 0 Å². The lowest BCUT2D eigenvalue weighted by Gasteiger charge is -2.26. The second-order valence-electron chi connectivity index (χ2n) is 7.15. The highest BCUT2D eigenvalue weighted by Crippen LogP contribution is 2.32. The van der Waals surface area contributed by atoms with Gasteiger partial charge in [0.15, 0.2) is 11.6 Å². The average molecular weight is 336 g/mol. The van der Waals surface area contributed by atoms with E-state index >= 15 is 0 Å². The minimum absolute atomic E-state index is 0.0505. The Kier molecular flexibility index (Phi) is 3.82. The molecule has 2 unspecified atom stereocenters. The first-order valence-electron chi connectivity index (χ1n) is 8.49. The van der Waals surface area contributed by atoms with Crippen molar-refractivity contribution in [2.45, 2.75) is 31.5 Å². The number of epoxide rings is 2. The third-order valence-corrected chi connectivity index (χ3v) is 5.03. The molecule has 0 bridgehead atoms. The fraction of sp³-hybridized carbons (Fsp3) is 0.333. The van der Waals surface area contributed by atoms with Gasteiger partial charge in [0.1, 0.15) is 12.2 Å². The SMILES string of the molecule is CC(C)(c1ccc(C(=O)C2CO2)cc1)c1ccc(C(=O)C2CO2)cc1. The van der Waals surface area contributed by atoms with Crippen molar-refractivity contribution >= 4 is 11.6 Å². The maximum atomic E-state index is 12.0. The van der Waals surface area contributed by atoms with Crippen LogP contribution in [-0.2, 0) is 14.9 Å². The van der Waals surface area contributed by atoms with Crippen LogP contribution < -0.4 is 0 Å². The normalized spacial score (nSPS) is 21.7. The maximum absolute atomic E-state index is 12.0. The predicted octanol–water partition coefficient (Wildman–Crippen LogP) is 3.18. The molecule has 2 aliphatic heterocycles. The van der Waals surface area contributed by atoms with Gasteiger partial charge in [0.2, 0.25) is 0 Å². The van der Waals surface area contributed by atoms with Gasteiger partial charge in [0, 0.05) is 16.5 Å². The summed E-state index contributed by atoms with van der Waals surface area (Å²) in [7, 11) is 0. The molecular formula is C21H20O4. The van der Waals surface area contributed by atoms with E-state index in [9.17, 15) is 9.59 Å². The van der Waals surface area contributed by atoms with Gasteiger partial charge < -0.3 is 9.47 Å². The van der Waals surface area contributed by atoms with Crippen LogP contribution in [0.1, 0.15) is 45.7 Å². The summed E-state index contributed by atoms with van der Waals surface area (Å²) in [4.78, 5) is 24.1. The summed E-state index contributed by atoms with van der Waals surface area (Å²) in [6.45, 7) is 5.33. The van der Waals surface area contributed by atoms with Gasteiger partial charge in [-0.05, 0) is 11.1 Å². The molecule has 2 fully saturated rings. The molecule has 0 radical (unpaired) electrons. The van der Waals surface area contributed by atoms with E-state index in [1.807, 2.05) is 48.5 Å². The lowest BCUT2D eigenvalue weighted by molar-refractivity contribution is 0.0947. The zero-order valence-electron chi connectivity index (χ0n) is 14.3. The highest BCUT2D eigenvalue weighted by Gasteiger charge is 2.33. The zero-order valence-corrected chi connectivity index (χ0v) is 14.3. The van der Waals surface area contributed by atoms with E-state index in [1.54, 1.807) is 0 Å². The Morgan fingerprint density at radius 2 is 1.08 bits per heavy atom. The second-order valence-corrected chi connectivity index (χ2v) is 7.15. The molecule has 0 aromatic heterocycles. The molecule has 4 nitrogen and oxygen atoms in total. The van der Waals surface area contributed by atoms with Crippen molar-refractivity contribution in [2.75, 3.05) is 13.2 Å². The molecule has 0 amide bonds. The summed E-state index contributed by atoms with van der Waals surface area (Å²) in [5.41, 5.74) is 3.38. The van der Waals surface area contributed by atoms with E-state index in [-0.39, 0.29) is 29.2 Å². The second kappa shape index (κ2) is 5.90. The van der Waals surface area contributed by atoms with E-state index in [4.69, 9.17) is 9.47 Å². The molecule has 4 rings (SSSR count). The van der Waals surface area contributed by atoms with Gasteiger partial charge in [-0.2, -0.15) is 0 Å². The Labute approximate surface area is 146 Å². The molecule has 2 saturated heterocycles. The number of hydrogen-bond acceptors (Lipinski definition) is 4. The van der Waals surface area contributed by atoms with Gasteiger partial charge in [-0.1, -0.05) is 62.4 Å². The molecule has 25 heavy (non-hydrogen) atoms. The molecule has 2 atom stereocenters. The number of ketones is 2. The zero-order chi connectivity index (χ0) is 17.6. The molecule has 2 aromatic carbocycles. The van der Waals surface area contributed by atoms with Crippen LogP contribution in [0.25, 0.3) is 0 Å². The molecule has 0 saturated carbocycles. The monoisotopic (exact) mass is 336 g/mol. The smallest absolute Gasteiger partial charge is 0.193 e. The van der Waals surface area contributed by atoms with E-state index in [0.29, 0.717) is 24.3 Å². The molecule has 2 heterocycles. The largest absolute Gasteiger partial charge is 0.364 e. The van der Waals surface area contributed by atoms with Crippen LogP contribution in [0, 0.1) is 0 Å². The van der Waals surface area contributed by atoms with Crippen LogP contribution in [-0.4, -0.2) is 37.0 Å². The Morgan fingerprint density at radius 1 is 0.760 bits per heavy atom. The molecular weight excluding hydrogens is 316 g/mol. The van der Waals surface area contributed by atoms with E-state index in [2.05, 4.69) is 13.8 Å². The number of carbonyl (C=O) groups is 2. The Morgan fingerprint density at radius 3 is 1.36 bits per heavy atom. The summed E-state index contributed by atoms with van der Waals surface area (Å²) in [5, 5.41) is 0. The van der Waals surface area contributed by atoms with Gasteiger partial charge in [-0.3, -0.25) is 9.59 Å². The minimum atomic E-state index is -0.251. The topological polar surface area (TPSA) is 59.2 Å². The summed E-state index contributed by atoms with van der Waals surface area (Å²) in [5.74, 6) is 0.101. The van der Waals surface area contributed by atoms with Gasteiger partial charge in [0.05, 0.1) is 13.2 Å². The van der Waals surface area contributed by atoms with E-state index in [1.165, 1.54) is 0 Å². The van der Waals surface area contributed by atoms with Gasteiger partial charge in [-0.25, -0.2) is 0 Å². The van der Waals surface area contributed by atoms with Crippen LogP contribution in [0.3, 0.4) is 0 Å². The number of ether oxygens (including phenoxy) is 2. The number of hydrogen-bond donors (Lipinski definition) is 0. The van der Waals surface area contributed by atoms with Crippen molar-refractivity contribution < 1.29 is 19.1 Å². The maximum Gasteiger partial charge on any atom is 0.193 e. The third-order valence-electron chi connectivity index (χ3n) is 5.03. The number of rotatable bonds is 6. The predicted molar refractivity (Wildman–Crippen MR) is 93.2 cm³/mol. The van der Waals surface area contributed by atoms with Crippen molar-refractivity contribution in [3.63, 3.8) is 0 Å². The third kappa shape index (κ3) is 3.15. The fourth-order valence-corrected chi connectivity index (χ4v) is 3.04. The van der Waals surface area contributed by atoms with Crippen molar-refractivity contribution in [2.24, 2.45) is 0 Å². The number of benzene rings is 2. The lowest BCUT2D eigenvalue weighted by atomic mass is 9.77. The number of Topliss-reactive ketones (excluding diaryl/α,β-unsaturated/α-hetero) is 2. The Bertz CT molecular complexity index is 740. The summed E-state index contributed by atoms with van der Waals surface area (Å²) in [6, 6.07) is 15.4. The number of carbonyl (C=O) groups excluding carboxylic acids is 2. The van der Waals surface area contributed by atoms with Crippen LogP contribution >= 0.6 is 0 Å². The molecule has 2 aromatic rings. The Balaban J connectivity index is 1.55. The molecule has 0 aliphatic carbocycles. The summed E-state index contributed by atoms with van der Waals surface area (Å²) >= 11 is 0. The first-order chi connectivity index (χ1) is 12.0. The average Bonchev–Trinajstić information content (AvgIpc) is 3.52. The molecule has 128 valence electrons. The highest BCUT2D eigenvalue weighted by molar-refractivity contribution is 6.01. The van der Waals surface area contributed by atoms with Crippen LogP contribution in [0.5, 0.6) is 0 Å². The van der Waals surface area contributed by atoms with Crippen LogP contribution in [0.15, 0.2) is 48.5 Å². The quantitative estimate of drug-likeness (QED) is 0.600. The minimum Gasteiger partial charge on any atom is -0.364 e. The molecule has 0 spiro atoms.